The van der Waals surface area contributed by atoms with Gasteiger partial charge in [0.2, 0.25) is 5.91 Å². The number of ether oxygens (including phenoxy) is 1. The maximum Gasteiger partial charge on any atom is 0.276 e. The molecule has 0 bridgehead atoms. The van der Waals surface area contributed by atoms with Crippen LogP contribution < -0.4 is 5.56 Å². The molecule has 4 heterocycles. The third-order valence-electron chi connectivity index (χ3n) is 7.00. The Hall–Kier alpha value is -2.45. The molecule has 0 radical (unpaired) electrons. The molecular formula is C23H31N5O3. The molecule has 2 aromatic heterocycles. The fourth-order valence-electron chi connectivity index (χ4n) is 5.36. The van der Waals surface area contributed by atoms with E-state index in [0.29, 0.717) is 42.5 Å². The highest BCUT2D eigenvalue weighted by Gasteiger charge is 2.31. The van der Waals surface area contributed by atoms with E-state index in [1.54, 1.807) is 9.42 Å². The van der Waals surface area contributed by atoms with Crippen LogP contribution in [0.25, 0.3) is 5.65 Å². The molecular weight excluding hydrogens is 394 g/mol. The molecule has 1 saturated heterocycles. The first-order valence-electron chi connectivity index (χ1n) is 11.4. The van der Waals surface area contributed by atoms with Crippen molar-refractivity contribution in [2.45, 2.75) is 51.1 Å². The molecule has 166 valence electrons. The van der Waals surface area contributed by atoms with Crippen LogP contribution in [0.1, 0.15) is 55.1 Å². The van der Waals surface area contributed by atoms with Gasteiger partial charge < -0.3 is 9.64 Å². The fraction of sp³-hybridized carbons (Fsp3) is 0.609. The number of nitrogens with one attached hydrogen (secondary N) is 1. The number of carbonyl (C=O) groups is 1. The summed E-state index contributed by atoms with van der Waals surface area (Å²) in [6, 6.07) is 2.34. The van der Waals surface area contributed by atoms with Gasteiger partial charge in [0.1, 0.15) is 6.61 Å². The average Bonchev–Trinajstić information content (AvgIpc) is 3.41. The first kappa shape index (κ1) is 20.5. The van der Waals surface area contributed by atoms with E-state index in [2.05, 4.69) is 22.2 Å². The van der Waals surface area contributed by atoms with Gasteiger partial charge in [0.05, 0.1) is 24.0 Å². The van der Waals surface area contributed by atoms with E-state index in [9.17, 15) is 9.59 Å². The quantitative estimate of drug-likeness (QED) is 0.742. The van der Waals surface area contributed by atoms with Crippen LogP contribution in [-0.2, 0) is 22.5 Å². The van der Waals surface area contributed by atoms with Crippen molar-refractivity contribution in [2.24, 2.45) is 5.92 Å². The first-order chi connectivity index (χ1) is 15.1. The number of aromatic nitrogens is 3. The summed E-state index contributed by atoms with van der Waals surface area (Å²) in [5, 5.41) is 3.36. The van der Waals surface area contributed by atoms with Gasteiger partial charge in [0.25, 0.3) is 5.56 Å². The average molecular weight is 426 g/mol. The SMILES string of the molecule is COCC(=O)N1CCc2c(nc3cc([C@H]4CCCN4C[C@@H]4CC=CCC4)[nH]n3c2=O)C1. The van der Waals surface area contributed by atoms with Gasteiger partial charge >= 0.3 is 0 Å². The molecule has 5 rings (SSSR count). The Morgan fingerprint density at radius 2 is 2.19 bits per heavy atom. The van der Waals surface area contributed by atoms with Gasteiger partial charge in [-0.15, -0.1) is 0 Å². The predicted molar refractivity (Wildman–Crippen MR) is 117 cm³/mol. The fourth-order valence-corrected chi connectivity index (χ4v) is 5.36. The first-order valence-corrected chi connectivity index (χ1v) is 11.4. The molecule has 1 N–H and O–H groups in total. The highest BCUT2D eigenvalue weighted by atomic mass is 16.5. The largest absolute Gasteiger partial charge is 0.375 e. The molecule has 0 aromatic carbocycles. The maximum atomic E-state index is 13.1. The number of hydrogen-bond acceptors (Lipinski definition) is 5. The standard InChI is InChI=1S/C23H31N5O3/c1-31-15-22(29)27-11-9-17-19(14-27)24-21-12-18(25-28(21)23(17)30)20-8-5-10-26(20)13-16-6-3-2-4-7-16/h2-3,12,16,20,25H,4-11,13-15H2,1H3/t16-,20-/m1/s1. The summed E-state index contributed by atoms with van der Waals surface area (Å²) in [5.41, 5.74) is 3.11. The molecule has 1 fully saturated rings. The molecule has 1 amide bonds. The van der Waals surface area contributed by atoms with Gasteiger partial charge in [-0.1, -0.05) is 12.2 Å². The monoisotopic (exact) mass is 425 g/mol. The van der Waals surface area contributed by atoms with E-state index in [-0.39, 0.29) is 18.1 Å². The van der Waals surface area contributed by atoms with Crippen LogP contribution in [0.3, 0.4) is 0 Å². The number of nitrogens with zero attached hydrogens (tertiary/aromatic N) is 4. The number of amides is 1. The molecule has 8 heteroatoms. The van der Waals surface area contributed by atoms with Gasteiger partial charge in [0.15, 0.2) is 5.65 Å². The van der Waals surface area contributed by atoms with Crippen molar-refractivity contribution < 1.29 is 9.53 Å². The van der Waals surface area contributed by atoms with Crippen molar-refractivity contribution in [3.8, 4) is 0 Å². The second-order valence-electron chi connectivity index (χ2n) is 9.05. The number of hydrogen-bond donors (Lipinski definition) is 1. The zero-order valence-corrected chi connectivity index (χ0v) is 18.2. The molecule has 0 saturated carbocycles. The minimum Gasteiger partial charge on any atom is -0.375 e. The Morgan fingerprint density at radius 1 is 1.29 bits per heavy atom. The number of aromatic amines is 1. The third kappa shape index (κ3) is 3.94. The lowest BCUT2D eigenvalue weighted by molar-refractivity contribution is -0.136. The Kier molecular flexibility index (Phi) is 5.67. The predicted octanol–water partition coefficient (Wildman–Crippen LogP) is 2.05. The number of allylic oxidation sites excluding steroid dienone is 2. The zero-order valence-electron chi connectivity index (χ0n) is 18.2. The maximum absolute atomic E-state index is 13.1. The van der Waals surface area contributed by atoms with Gasteiger partial charge in [-0.25, -0.2) is 9.50 Å². The van der Waals surface area contributed by atoms with Gasteiger partial charge in [-0.05, 0) is 51.0 Å². The van der Waals surface area contributed by atoms with Crippen LogP contribution in [0.4, 0.5) is 0 Å². The molecule has 1 aliphatic carbocycles. The minimum atomic E-state index is -0.0657. The summed E-state index contributed by atoms with van der Waals surface area (Å²) in [6.45, 7) is 3.17. The number of fused-ring (bicyclic) bond motifs is 2. The molecule has 8 nitrogen and oxygen atoms in total. The summed E-state index contributed by atoms with van der Waals surface area (Å²) in [6.07, 6.45) is 11.0. The minimum absolute atomic E-state index is 0.0351. The normalized spacial score (nSPS) is 24.1. The second-order valence-corrected chi connectivity index (χ2v) is 9.05. The molecule has 3 aliphatic rings. The van der Waals surface area contributed by atoms with Crippen molar-refractivity contribution in [1.82, 2.24) is 24.4 Å². The highest BCUT2D eigenvalue weighted by Crippen LogP contribution is 2.33. The van der Waals surface area contributed by atoms with Crippen LogP contribution in [0.15, 0.2) is 23.0 Å². The topological polar surface area (TPSA) is 82.9 Å². The molecule has 0 spiro atoms. The van der Waals surface area contributed by atoms with E-state index in [4.69, 9.17) is 9.72 Å². The number of methoxy groups -OCH3 is 1. The number of likely N-dealkylation sites (tertiary alicyclic amines) is 1. The van der Waals surface area contributed by atoms with Crippen molar-refractivity contribution in [2.75, 3.05) is 33.4 Å². The van der Waals surface area contributed by atoms with Crippen molar-refractivity contribution in [3.05, 3.63) is 45.5 Å². The molecule has 2 atom stereocenters. The molecule has 2 aliphatic heterocycles. The Bertz CT molecular complexity index is 1060. The van der Waals surface area contributed by atoms with E-state index in [1.807, 2.05) is 6.07 Å². The Morgan fingerprint density at radius 3 is 3.00 bits per heavy atom. The van der Waals surface area contributed by atoms with Crippen molar-refractivity contribution >= 4 is 11.6 Å². The molecule has 0 unspecified atom stereocenters. The number of H-pyrrole nitrogens is 1. The lowest BCUT2D eigenvalue weighted by atomic mass is 9.93. The van der Waals surface area contributed by atoms with Gasteiger partial charge in [-0.2, -0.15) is 0 Å². The number of carbonyl (C=O) groups excluding carboxylic acids is 1. The molecule has 31 heavy (non-hydrogen) atoms. The van der Waals surface area contributed by atoms with Gasteiger partial charge in [0, 0.05) is 31.8 Å². The summed E-state index contributed by atoms with van der Waals surface area (Å²) >= 11 is 0. The Labute approximate surface area is 181 Å². The van der Waals surface area contributed by atoms with E-state index < -0.39 is 0 Å². The van der Waals surface area contributed by atoms with Crippen LogP contribution in [0, 0.1) is 5.92 Å². The van der Waals surface area contributed by atoms with Crippen LogP contribution >= 0.6 is 0 Å². The summed E-state index contributed by atoms with van der Waals surface area (Å²) in [4.78, 5) is 34.4. The lowest BCUT2D eigenvalue weighted by Crippen LogP contribution is -2.41. The summed E-state index contributed by atoms with van der Waals surface area (Å²) in [5.74, 6) is 0.655. The van der Waals surface area contributed by atoms with Crippen molar-refractivity contribution in [3.63, 3.8) is 0 Å². The Balaban J connectivity index is 1.40. The van der Waals surface area contributed by atoms with Crippen LogP contribution in [-0.4, -0.2) is 63.7 Å². The van der Waals surface area contributed by atoms with Crippen LogP contribution in [0.2, 0.25) is 0 Å². The van der Waals surface area contributed by atoms with E-state index >= 15 is 0 Å². The lowest BCUT2D eigenvalue weighted by Gasteiger charge is -2.29. The molecule has 2 aromatic rings. The van der Waals surface area contributed by atoms with Gasteiger partial charge in [-0.3, -0.25) is 19.6 Å². The van der Waals surface area contributed by atoms with E-state index in [1.165, 1.54) is 32.8 Å². The summed E-state index contributed by atoms with van der Waals surface area (Å²) < 4.78 is 6.57. The summed E-state index contributed by atoms with van der Waals surface area (Å²) in [7, 11) is 1.52. The second kappa shape index (κ2) is 8.59. The van der Waals surface area contributed by atoms with Crippen LogP contribution in [0.5, 0.6) is 0 Å². The highest BCUT2D eigenvalue weighted by molar-refractivity contribution is 5.77. The smallest absolute Gasteiger partial charge is 0.276 e. The third-order valence-corrected chi connectivity index (χ3v) is 7.00. The number of rotatable bonds is 5. The zero-order chi connectivity index (χ0) is 21.4. The van der Waals surface area contributed by atoms with Crippen molar-refractivity contribution in [1.29, 1.82) is 0 Å². The van der Waals surface area contributed by atoms with E-state index in [0.717, 1.165) is 31.1 Å².